The zero-order valence-corrected chi connectivity index (χ0v) is 11.4. The minimum atomic E-state index is -0.711. The topological polar surface area (TPSA) is 47.3 Å². The van der Waals surface area contributed by atoms with Gasteiger partial charge in [0.15, 0.2) is 11.6 Å². The standard InChI is InChI=1S/C13H14ClFN2O2/c1-8(18)9-3-4-11(10(15)5-9)19-7-13-16-6-12(14)17(13)2/h3-6,8,18H,7H2,1-2H3. The van der Waals surface area contributed by atoms with Crippen molar-refractivity contribution in [2.45, 2.75) is 19.6 Å². The third kappa shape index (κ3) is 3.05. The summed E-state index contributed by atoms with van der Waals surface area (Å²) in [5.74, 6) is 0.200. The van der Waals surface area contributed by atoms with Gasteiger partial charge in [-0.3, -0.25) is 0 Å². The van der Waals surface area contributed by atoms with E-state index in [0.29, 0.717) is 16.5 Å². The molecule has 1 aromatic carbocycles. The van der Waals surface area contributed by atoms with E-state index in [4.69, 9.17) is 16.3 Å². The number of benzene rings is 1. The highest BCUT2D eigenvalue weighted by Gasteiger charge is 2.10. The average Bonchev–Trinajstić information content (AvgIpc) is 2.68. The number of aliphatic hydroxyl groups excluding tert-OH is 1. The van der Waals surface area contributed by atoms with Gasteiger partial charge in [-0.25, -0.2) is 9.37 Å². The molecular formula is C13H14ClFN2O2. The van der Waals surface area contributed by atoms with Crippen LogP contribution in [0.4, 0.5) is 4.39 Å². The molecule has 2 rings (SSSR count). The molecule has 4 nitrogen and oxygen atoms in total. The van der Waals surface area contributed by atoms with Gasteiger partial charge < -0.3 is 14.4 Å². The highest BCUT2D eigenvalue weighted by Crippen LogP contribution is 2.23. The summed E-state index contributed by atoms with van der Waals surface area (Å²) in [7, 11) is 1.75. The predicted octanol–water partition coefficient (Wildman–Crippen LogP) is 2.84. The lowest BCUT2D eigenvalue weighted by Gasteiger charge is -2.10. The Labute approximate surface area is 115 Å². The molecule has 2 aromatic rings. The number of hydrogen-bond donors (Lipinski definition) is 1. The fourth-order valence-electron chi connectivity index (χ4n) is 1.59. The smallest absolute Gasteiger partial charge is 0.165 e. The van der Waals surface area contributed by atoms with Gasteiger partial charge in [-0.05, 0) is 24.6 Å². The molecular weight excluding hydrogens is 271 g/mol. The Kier molecular flexibility index (Phi) is 4.07. The first-order chi connectivity index (χ1) is 8.99. The van der Waals surface area contributed by atoms with Gasteiger partial charge in [0.25, 0.3) is 0 Å². The largest absolute Gasteiger partial charge is 0.483 e. The lowest BCUT2D eigenvalue weighted by molar-refractivity contribution is 0.198. The third-order valence-corrected chi connectivity index (χ3v) is 3.17. The van der Waals surface area contributed by atoms with E-state index in [1.54, 1.807) is 24.6 Å². The summed E-state index contributed by atoms with van der Waals surface area (Å²) < 4.78 is 20.7. The maximum absolute atomic E-state index is 13.7. The maximum atomic E-state index is 13.7. The number of aromatic nitrogens is 2. The van der Waals surface area contributed by atoms with Crippen molar-refractivity contribution in [2.24, 2.45) is 7.05 Å². The molecule has 0 saturated heterocycles. The number of rotatable bonds is 4. The lowest BCUT2D eigenvalue weighted by atomic mass is 10.1. The Morgan fingerprint density at radius 3 is 2.79 bits per heavy atom. The van der Waals surface area contributed by atoms with E-state index < -0.39 is 11.9 Å². The van der Waals surface area contributed by atoms with Crippen LogP contribution in [0.5, 0.6) is 5.75 Å². The van der Waals surface area contributed by atoms with Gasteiger partial charge in [0.1, 0.15) is 17.6 Å². The molecule has 1 atom stereocenters. The molecule has 0 aliphatic heterocycles. The van der Waals surface area contributed by atoms with Crippen molar-refractivity contribution < 1.29 is 14.2 Å². The zero-order valence-electron chi connectivity index (χ0n) is 10.6. The van der Waals surface area contributed by atoms with E-state index in [9.17, 15) is 9.50 Å². The average molecular weight is 285 g/mol. The van der Waals surface area contributed by atoms with Crippen LogP contribution in [0.2, 0.25) is 5.15 Å². The van der Waals surface area contributed by atoms with Crippen molar-refractivity contribution >= 4 is 11.6 Å². The molecule has 0 bridgehead atoms. The van der Waals surface area contributed by atoms with Crippen LogP contribution < -0.4 is 4.74 Å². The molecule has 1 unspecified atom stereocenters. The van der Waals surface area contributed by atoms with Crippen molar-refractivity contribution in [3.05, 3.63) is 46.8 Å². The first kappa shape index (κ1) is 13.8. The molecule has 1 aromatic heterocycles. The minimum absolute atomic E-state index is 0.114. The number of imidazole rings is 1. The summed E-state index contributed by atoms with van der Waals surface area (Å²) in [5.41, 5.74) is 0.505. The quantitative estimate of drug-likeness (QED) is 0.939. The Bertz CT molecular complexity index is 584. The summed E-state index contributed by atoms with van der Waals surface area (Å²) in [6, 6.07) is 4.36. The predicted molar refractivity (Wildman–Crippen MR) is 69.6 cm³/mol. The van der Waals surface area contributed by atoms with Gasteiger partial charge in [0.05, 0.1) is 12.3 Å². The Morgan fingerprint density at radius 1 is 1.53 bits per heavy atom. The summed E-state index contributed by atoms with van der Waals surface area (Å²) in [5, 5.41) is 9.84. The zero-order chi connectivity index (χ0) is 14.0. The van der Waals surface area contributed by atoms with Gasteiger partial charge in [-0.15, -0.1) is 0 Å². The molecule has 1 heterocycles. The second kappa shape index (κ2) is 5.59. The van der Waals surface area contributed by atoms with Crippen molar-refractivity contribution in [3.8, 4) is 5.75 Å². The van der Waals surface area contributed by atoms with Crippen molar-refractivity contribution in [2.75, 3.05) is 0 Å². The second-order valence-corrected chi connectivity index (χ2v) is 4.60. The Balaban J connectivity index is 2.10. The van der Waals surface area contributed by atoms with Gasteiger partial charge in [0.2, 0.25) is 0 Å². The first-order valence-electron chi connectivity index (χ1n) is 5.75. The van der Waals surface area contributed by atoms with Crippen LogP contribution in [0.3, 0.4) is 0 Å². The minimum Gasteiger partial charge on any atom is -0.483 e. The highest BCUT2D eigenvalue weighted by molar-refractivity contribution is 6.29. The molecule has 0 aliphatic carbocycles. The highest BCUT2D eigenvalue weighted by atomic mass is 35.5. The lowest BCUT2D eigenvalue weighted by Crippen LogP contribution is -2.05. The molecule has 0 radical (unpaired) electrons. The normalized spacial score (nSPS) is 12.5. The summed E-state index contributed by atoms with van der Waals surface area (Å²) in [6.45, 7) is 1.69. The SMILES string of the molecule is CC(O)c1ccc(OCc2ncc(Cl)n2C)c(F)c1. The van der Waals surface area contributed by atoms with Crippen LogP contribution in [0.25, 0.3) is 0 Å². The van der Waals surface area contributed by atoms with Gasteiger partial charge in [0, 0.05) is 7.05 Å². The first-order valence-corrected chi connectivity index (χ1v) is 6.13. The molecule has 0 amide bonds. The summed E-state index contributed by atoms with van der Waals surface area (Å²) >= 11 is 5.84. The molecule has 19 heavy (non-hydrogen) atoms. The van der Waals surface area contributed by atoms with E-state index in [1.165, 1.54) is 18.3 Å². The van der Waals surface area contributed by atoms with Crippen LogP contribution in [0, 0.1) is 5.82 Å². The summed E-state index contributed by atoms with van der Waals surface area (Å²) in [4.78, 5) is 4.05. The van der Waals surface area contributed by atoms with Crippen LogP contribution in [-0.4, -0.2) is 14.7 Å². The Morgan fingerprint density at radius 2 is 2.26 bits per heavy atom. The molecule has 6 heteroatoms. The van der Waals surface area contributed by atoms with Crippen molar-refractivity contribution in [1.29, 1.82) is 0 Å². The molecule has 0 fully saturated rings. The number of halogens is 2. The molecule has 1 N–H and O–H groups in total. The fourth-order valence-corrected chi connectivity index (χ4v) is 1.74. The maximum Gasteiger partial charge on any atom is 0.165 e. The molecule has 0 spiro atoms. The van der Waals surface area contributed by atoms with Crippen molar-refractivity contribution in [3.63, 3.8) is 0 Å². The number of ether oxygens (including phenoxy) is 1. The third-order valence-electron chi connectivity index (χ3n) is 2.82. The van der Waals surface area contributed by atoms with Crippen LogP contribution in [-0.2, 0) is 13.7 Å². The van der Waals surface area contributed by atoms with Crippen molar-refractivity contribution in [1.82, 2.24) is 9.55 Å². The van der Waals surface area contributed by atoms with Gasteiger partial charge >= 0.3 is 0 Å². The van der Waals surface area contributed by atoms with E-state index in [1.807, 2.05) is 0 Å². The van der Waals surface area contributed by atoms with Crippen LogP contribution in [0.1, 0.15) is 24.4 Å². The van der Waals surface area contributed by atoms with E-state index >= 15 is 0 Å². The number of hydrogen-bond acceptors (Lipinski definition) is 3. The summed E-state index contributed by atoms with van der Waals surface area (Å²) in [6.07, 6.45) is 0.796. The van der Waals surface area contributed by atoms with Crippen LogP contribution in [0.15, 0.2) is 24.4 Å². The number of nitrogens with zero attached hydrogens (tertiary/aromatic N) is 2. The number of aliphatic hydroxyl groups is 1. The van der Waals surface area contributed by atoms with E-state index in [-0.39, 0.29) is 12.4 Å². The fraction of sp³-hybridized carbons (Fsp3) is 0.308. The molecule has 0 aliphatic rings. The van der Waals surface area contributed by atoms with Crippen LogP contribution >= 0.6 is 11.6 Å². The second-order valence-electron chi connectivity index (χ2n) is 4.21. The monoisotopic (exact) mass is 284 g/mol. The Hall–Kier alpha value is -1.59. The van der Waals surface area contributed by atoms with E-state index in [0.717, 1.165) is 0 Å². The molecule has 0 saturated carbocycles. The van der Waals surface area contributed by atoms with Gasteiger partial charge in [-0.1, -0.05) is 17.7 Å². The van der Waals surface area contributed by atoms with E-state index in [2.05, 4.69) is 4.98 Å². The van der Waals surface area contributed by atoms with Gasteiger partial charge in [-0.2, -0.15) is 0 Å². The molecule has 102 valence electrons.